The molecule has 4 aromatic rings. The summed E-state index contributed by atoms with van der Waals surface area (Å²) in [4.78, 5) is 5.36. The Labute approximate surface area is 274 Å². The average Bonchev–Trinajstić information content (AvgIpc) is 3.50. The lowest BCUT2D eigenvalue weighted by Crippen LogP contribution is -2.24. The van der Waals surface area contributed by atoms with E-state index >= 15 is 0 Å². The number of ether oxygens (including phenoxy) is 1. The summed E-state index contributed by atoms with van der Waals surface area (Å²) < 4.78 is 12.5. The van der Waals surface area contributed by atoms with Gasteiger partial charge in [0.15, 0.2) is 5.84 Å². The molecule has 3 aliphatic carbocycles. The fourth-order valence-electron chi connectivity index (χ4n) is 7.23. The normalized spacial score (nSPS) is 20.5. The second kappa shape index (κ2) is 12.3. The highest BCUT2D eigenvalue weighted by Crippen LogP contribution is 2.41. The van der Waals surface area contributed by atoms with Gasteiger partial charge in [0.05, 0.1) is 12.0 Å². The number of aliphatic imine (C=N–C) groups is 1. The SMILES string of the molecule is C=C1/C=C\C=C/OC2=C1C(C(=N/C(=N\N)c1cccc(C3=CCCc4oc5c(c43)C=CCC5)c1)c1cccc3ccccc13)CC=C2. The van der Waals surface area contributed by atoms with Crippen molar-refractivity contribution in [1.82, 2.24) is 0 Å². The molecule has 1 aromatic heterocycles. The third kappa shape index (κ3) is 5.24. The van der Waals surface area contributed by atoms with Crippen LogP contribution in [0.2, 0.25) is 0 Å². The van der Waals surface area contributed by atoms with E-state index in [1.165, 1.54) is 16.7 Å². The van der Waals surface area contributed by atoms with Gasteiger partial charge in [-0.15, -0.1) is 0 Å². The number of fused-ring (bicyclic) bond motifs is 4. The van der Waals surface area contributed by atoms with Crippen LogP contribution in [-0.4, -0.2) is 11.5 Å². The van der Waals surface area contributed by atoms with Crippen molar-refractivity contribution >= 4 is 34.0 Å². The summed E-state index contributed by atoms with van der Waals surface area (Å²) in [6.07, 6.45) is 23.1. The van der Waals surface area contributed by atoms with Crippen LogP contribution < -0.4 is 5.84 Å². The largest absolute Gasteiger partial charge is 0.465 e. The highest BCUT2D eigenvalue weighted by atomic mass is 16.5. The van der Waals surface area contributed by atoms with Crippen LogP contribution in [0.1, 0.15) is 58.6 Å². The van der Waals surface area contributed by atoms with Crippen LogP contribution in [0.3, 0.4) is 0 Å². The molecule has 5 nitrogen and oxygen atoms in total. The van der Waals surface area contributed by atoms with Gasteiger partial charge in [0, 0.05) is 46.6 Å². The van der Waals surface area contributed by atoms with Gasteiger partial charge in [-0.05, 0) is 65.0 Å². The number of nitrogens with zero attached hydrogens (tertiary/aromatic N) is 2. The second-order valence-electron chi connectivity index (χ2n) is 12.2. The van der Waals surface area contributed by atoms with Crippen LogP contribution in [0.15, 0.2) is 154 Å². The predicted molar refractivity (Wildman–Crippen MR) is 192 cm³/mol. The van der Waals surface area contributed by atoms with Crippen molar-refractivity contribution in [2.75, 3.05) is 0 Å². The molecule has 4 aliphatic rings. The number of hydrogen-bond acceptors (Lipinski definition) is 4. The van der Waals surface area contributed by atoms with E-state index in [4.69, 9.17) is 20.0 Å². The average molecular weight is 614 g/mol. The third-order valence-corrected chi connectivity index (χ3v) is 9.37. The Kier molecular flexibility index (Phi) is 7.50. The van der Waals surface area contributed by atoms with Crippen LogP contribution in [0, 0.1) is 5.92 Å². The van der Waals surface area contributed by atoms with E-state index < -0.39 is 0 Å². The first kappa shape index (κ1) is 28.8. The van der Waals surface area contributed by atoms with E-state index in [0.29, 0.717) is 5.84 Å². The molecule has 5 heteroatoms. The van der Waals surface area contributed by atoms with Gasteiger partial charge in [0.2, 0.25) is 0 Å². The Balaban J connectivity index is 1.27. The first-order valence-corrected chi connectivity index (χ1v) is 16.3. The van der Waals surface area contributed by atoms with E-state index in [2.05, 4.69) is 96.6 Å². The minimum atomic E-state index is -0.141. The maximum Gasteiger partial charge on any atom is 0.178 e. The fourth-order valence-corrected chi connectivity index (χ4v) is 7.23. The first-order valence-electron chi connectivity index (χ1n) is 16.3. The number of furan rings is 1. The molecule has 1 unspecified atom stereocenters. The molecule has 0 saturated heterocycles. The number of hydrogen-bond donors (Lipinski definition) is 1. The molecule has 1 aliphatic heterocycles. The van der Waals surface area contributed by atoms with Gasteiger partial charge < -0.3 is 15.0 Å². The van der Waals surface area contributed by atoms with Crippen LogP contribution >= 0.6 is 0 Å². The van der Waals surface area contributed by atoms with Crippen LogP contribution in [0.25, 0.3) is 22.4 Å². The topological polar surface area (TPSA) is 73.1 Å². The van der Waals surface area contributed by atoms with Crippen molar-refractivity contribution in [3.05, 3.63) is 178 Å². The number of hydrazone groups is 1. The van der Waals surface area contributed by atoms with E-state index in [-0.39, 0.29) is 5.92 Å². The summed E-state index contributed by atoms with van der Waals surface area (Å²) in [6, 6.07) is 23.2. The Morgan fingerprint density at radius 3 is 2.68 bits per heavy atom. The molecule has 2 heterocycles. The summed E-state index contributed by atoms with van der Waals surface area (Å²) in [5.74, 6) is 9.47. The molecule has 0 spiro atoms. The van der Waals surface area contributed by atoms with Crippen molar-refractivity contribution in [1.29, 1.82) is 0 Å². The first-order chi connectivity index (χ1) is 23.2. The van der Waals surface area contributed by atoms with E-state index in [1.807, 2.05) is 30.4 Å². The standard InChI is InChI=1S/C42H35N3O2/c1-27-12-6-7-25-46-37-23-11-21-35(39(27)37)41(33-20-9-14-28-13-2-3-17-31(28)33)44-42(45-43)30-16-8-15-29(26-30)32-19-10-24-38-40(32)34-18-4-5-22-36(34)47-38/h2-4,6-9,11-20,23,25-26,35H,1,5,10,21-22,24,43H2/b12-6-,25-7-,44-41?,45-42-. The third-order valence-electron chi connectivity index (χ3n) is 9.37. The van der Waals surface area contributed by atoms with E-state index in [9.17, 15) is 0 Å². The molecule has 2 N–H and O–H groups in total. The van der Waals surface area contributed by atoms with Gasteiger partial charge in [0.1, 0.15) is 17.3 Å². The highest BCUT2D eigenvalue weighted by molar-refractivity contribution is 6.19. The van der Waals surface area contributed by atoms with Gasteiger partial charge in [0.25, 0.3) is 0 Å². The van der Waals surface area contributed by atoms with Crippen LogP contribution in [0.4, 0.5) is 0 Å². The molecule has 0 amide bonds. The number of nitrogens with two attached hydrogens (primary N) is 1. The Morgan fingerprint density at radius 2 is 1.74 bits per heavy atom. The zero-order valence-electron chi connectivity index (χ0n) is 26.2. The van der Waals surface area contributed by atoms with Crippen molar-refractivity contribution in [2.24, 2.45) is 21.9 Å². The van der Waals surface area contributed by atoms with Crippen LogP contribution in [-0.2, 0) is 17.6 Å². The molecular weight excluding hydrogens is 578 g/mol. The number of rotatable bonds is 4. The molecule has 0 bridgehead atoms. The summed E-state index contributed by atoms with van der Waals surface area (Å²) >= 11 is 0. The second-order valence-corrected chi connectivity index (χ2v) is 12.2. The summed E-state index contributed by atoms with van der Waals surface area (Å²) in [5, 5.41) is 6.56. The molecule has 0 radical (unpaired) electrons. The zero-order valence-corrected chi connectivity index (χ0v) is 26.2. The maximum absolute atomic E-state index is 6.36. The van der Waals surface area contributed by atoms with E-state index in [0.717, 1.165) is 93.7 Å². The molecule has 0 fully saturated rings. The molecule has 230 valence electrons. The lowest BCUT2D eigenvalue weighted by Gasteiger charge is -2.28. The van der Waals surface area contributed by atoms with Gasteiger partial charge >= 0.3 is 0 Å². The number of allylic oxidation sites excluding steroid dienone is 9. The monoisotopic (exact) mass is 613 g/mol. The number of benzene rings is 3. The molecule has 0 saturated carbocycles. The zero-order chi connectivity index (χ0) is 31.7. The van der Waals surface area contributed by atoms with Gasteiger partial charge in [-0.3, -0.25) is 0 Å². The summed E-state index contributed by atoms with van der Waals surface area (Å²) in [7, 11) is 0. The van der Waals surface area contributed by atoms with Crippen molar-refractivity contribution in [2.45, 2.75) is 32.1 Å². The lowest BCUT2D eigenvalue weighted by atomic mass is 9.79. The molecule has 8 rings (SSSR count). The molecule has 3 aromatic carbocycles. The molecule has 1 atom stereocenters. The Morgan fingerprint density at radius 1 is 0.872 bits per heavy atom. The number of aryl methyl sites for hydroxylation is 2. The number of amidine groups is 1. The summed E-state index contributed by atoms with van der Waals surface area (Å²) in [5.41, 5.74) is 9.34. The van der Waals surface area contributed by atoms with Crippen molar-refractivity contribution < 1.29 is 9.15 Å². The Hall–Kier alpha value is -5.68. The maximum atomic E-state index is 6.36. The fraction of sp³-hybridized carbons (Fsp3) is 0.143. The quantitative estimate of drug-likeness (QED) is 0.108. The smallest absolute Gasteiger partial charge is 0.178 e. The molecular formula is C42H35N3O2. The lowest BCUT2D eigenvalue weighted by molar-refractivity contribution is 0.356. The van der Waals surface area contributed by atoms with Crippen molar-refractivity contribution in [3.63, 3.8) is 0 Å². The summed E-state index contributed by atoms with van der Waals surface area (Å²) in [6.45, 7) is 4.43. The van der Waals surface area contributed by atoms with Crippen LogP contribution in [0.5, 0.6) is 0 Å². The van der Waals surface area contributed by atoms with Gasteiger partial charge in [-0.25, -0.2) is 4.99 Å². The predicted octanol–water partition coefficient (Wildman–Crippen LogP) is 9.37. The minimum Gasteiger partial charge on any atom is -0.465 e. The van der Waals surface area contributed by atoms with Gasteiger partial charge in [-0.1, -0.05) is 104 Å². The van der Waals surface area contributed by atoms with E-state index in [1.54, 1.807) is 6.26 Å². The molecule has 47 heavy (non-hydrogen) atoms. The van der Waals surface area contributed by atoms with Crippen molar-refractivity contribution in [3.8, 4) is 0 Å². The Bertz CT molecular complexity index is 2170. The highest BCUT2D eigenvalue weighted by Gasteiger charge is 2.30. The minimum absolute atomic E-state index is 0.141. The van der Waals surface area contributed by atoms with Gasteiger partial charge in [-0.2, -0.15) is 5.10 Å².